The lowest BCUT2D eigenvalue weighted by Gasteiger charge is -2.10. The SMILES string of the molecule is Cc1nn(C)c(-n2ccc3ccc(C(F)(F)F)cc32)c1/C=C/S(N)(=O)=O. The monoisotopic (exact) mass is 384 g/mol. The van der Waals surface area contributed by atoms with Crippen molar-refractivity contribution in [2.75, 3.05) is 0 Å². The van der Waals surface area contributed by atoms with Gasteiger partial charge in [0.15, 0.2) is 0 Å². The van der Waals surface area contributed by atoms with E-state index in [1.165, 1.54) is 21.4 Å². The maximum absolute atomic E-state index is 13.1. The zero-order chi connectivity index (χ0) is 19.3. The smallest absolute Gasteiger partial charge is 0.301 e. The van der Waals surface area contributed by atoms with Crippen LogP contribution >= 0.6 is 0 Å². The first kappa shape index (κ1) is 18.2. The average molecular weight is 384 g/mol. The van der Waals surface area contributed by atoms with Crippen LogP contribution < -0.4 is 5.14 Å². The van der Waals surface area contributed by atoms with Gasteiger partial charge in [0.25, 0.3) is 0 Å². The molecule has 0 saturated carbocycles. The van der Waals surface area contributed by atoms with Crippen molar-refractivity contribution in [1.29, 1.82) is 0 Å². The van der Waals surface area contributed by atoms with E-state index in [0.717, 1.165) is 17.5 Å². The van der Waals surface area contributed by atoms with Crippen LogP contribution in [0.5, 0.6) is 0 Å². The van der Waals surface area contributed by atoms with Gasteiger partial charge in [0.05, 0.1) is 16.8 Å². The molecule has 138 valence electrons. The Bertz CT molecular complexity index is 1120. The largest absolute Gasteiger partial charge is 0.416 e. The second-order valence-corrected chi connectivity index (χ2v) is 7.25. The van der Waals surface area contributed by atoms with Crippen LogP contribution in [0.4, 0.5) is 13.2 Å². The number of hydrogen-bond acceptors (Lipinski definition) is 3. The molecule has 2 aromatic heterocycles. The molecule has 2 N–H and O–H groups in total. The lowest BCUT2D eigenvalue weighted by Crippen LogP contribution is -2.08. The molecule has 0 atom stereocenters. The van der Waals surface area contributed by atoms with Crippen molar-refractivity contribution in [3.8, 4) is 5.82 Å². The minimum Gasteiger partial charge on any atom is -0.301 e. The summed E-state index contributed by atoms with van der Waals surface area (Å²) in [5, 5.41) is 10.7. The molecular weight excluding hydrogens is 369 g/mol. The van der Waals surface area contributed by atoms with Crippen LogP contribution in [-0.4, -0.2) is 22.8 Å². The molecule has 10 heteroatoms. The van der Waals surface area contributed by atoms with Crippen molar-refractivity contribution in [2.24, 2.45) is 12.2 Å². The van der Waals surface area contributed by atoms with Gasteiger partial charge in [-0.2, -0.15) is 18.3 Å². The standard InChI is InChI=1S/C16H15F3N4O2S/c1-10-13(6-8-26(20,24)25)15(22(2)21-10)23-7-5-11-3-4-12(9-14(11)23)16(17,18)19/h3-9H,1-2H3,(H2,20,24,25)/b8-6+. The summed E-state index contributed by atoms with van der Waals surface area (Å²) in [4.78, 5) is 0. The summed E-state index contributed by atoms with van der Waals surface area (Å²) >= 11 is 0. The van der Waals surface area contributed by atoms with E-state index in [0.29, 0.717) is 28.0 Å². The number of aryl methyl sites for hydroxylation is 2. The van der Waals surface area contributed by atoms with E-state index in [9.17, 15) is 21.6 Å². The summed E-state index contributed by atoms with van der Waals surface area (Å²) in [5.41, 5.74) is 0.506. The van der Waals surface area contributed by atoms with Crippen molar-refractivity contribution in [3.63, 3.8) is 0 Å². The van der Waals surface area contributed by atoms with Crippen LogP contribution in [0.2, 0.25) is 0 Å². The van der Waals surface area contributed by atoms with E-state index in [-0.39, 0.29) is 0 Å². The Kier molecular flexibility index (Phi) is 4.20. The molecule has 0 unspecified atom stereocenters. The molecule has 3 aromatic rings. The molecule has 0 spiro atoms. The summed E-state index contributed by atoms with van der Waals surface area (Å²) in [6.07, 6.45) is -1.58. The molecule has 2 heterocycles. The fourth-order valence-corrected chi connectivity index (χ4v) is 3.12. The third kappa shape index (κ3) is 3.37. The van der Waals surface area contributed by atoms with Crippen LogP contribution in [0.25, 0.3) is 22.8 Å². The third-order valence-electron chi connectivity index (χ3n) is 3.91. The van der Waals surface area contributed by atoms with Gasteiger partial charge in [-0.3, -0.25) is 4.68 Å². The average Bonchev–Trinajstić information content (AvgIpc) is 3.03. The minimum absolute atomic E-state index is 0.327. The van der Waals surface area contributed by atoms with E-state index in [4.69, 9.17) is 5.14 Å². The number of sulfonamides is 1. The number of primary sulfonamides is 1. The minimum atomic E-state index is -4.47. The zero-order valence-corrected chi connectivity index (χ0v) is 14.6. The van der Waals surface area contributed by atoms with Gasteiger partial charge >= 0.3 is 6.18 Å². The molecule has 0 radical (unpaired) electrons. The Morgan fingerprint density at radius 3 is 2.54 bits per heavy atom. The number of nitrogens with zero attached hydrogens (tertiary/aromatic N) is 3. The number of hydrogen-bond donors (Lipinski definition) is 1. The summed E-state index contributed by atoms with van der Waals surface area (Å²) in [6.45, 7) is 1.67. The maximum Gasteiger partial charge on any atom is 0.416 e. The molecule has 0 aliphatic heterocycles. The van der Waals surface area contributed by atoms with E-state index >= 15 is 0 Å². The highest BCUT2D eigenvalue weighted by Gasteiger charge is 2.31. The predicted molar refractivity (Wildman–Crippen MR) is 91.9 cm³/mol. The van der Waals surface area contributed by atoms with Crippen LogP contribution in [0.3, 0.4) is 0 Å². The lowest BCUT2D eigenvalue weighted by molar-refractivity contribution is -0.137. The third-order valence-corrected chi connectivity index (χ3v) is 4.43. The Hall–Kier alpha value is -2.59. The van der Waals surface area contributed by atoms with Crippen molar-refractivity contribution in [1.82, 2.24) is 14.3 Å². The van der Waals surface area contributed by atoms with Gasteiger partial charge in [0.2, 0.25) is 10.0 Å². The van der Waals surface area contributed by atoms with Gasteiger partial charge in [-0.1, -0.05) is 6.07 Å². The van der Waals surface area contributed by atoms with Crippen molar-refractivity contribution in [2.45, 2.75) is 13.1 Å². The van der Waals surface area contributed by atoms with E-state index in [2.05, 4.69) is 5.10 Å². The maximum atomic E-state index is 13.1. The van der Waals surface area contributed by atoms with Gasteiger partial charge in [0, 0.05) is 29.6 Å². The van der Waals surface area contributed by atoms with Gasteiger partial charge in [-0.15, -0.1) is 0 Å². The summed E-state index contributed by atoms with van der Waals surface area (Å²) in [6, 6.07) is 5.12. The quantitative estimate of drug-likeness (QED) is 0.754. The highest BCUT2D eigenvalue weighted by molar-refractivity contribution is 7.92. The number of aromatic nitrogens is 3. The lowest BCUT2D eigenvalue weighted by atomic mass is 10.1. The number of alkyl halides is 3. The molecule has 3 rings (SSSR count). The molecule has 0 aliphatic carbocycles. The molecule has 26 heavy (non-hydrogen) atoms. The Labute approximate surface area is 147 Å². The first-order valence-electron chi connectivity index (χ1n) is 7.40. The Balaban J connectivity index is 2.26. The van der Waals surface area contributed by atoms with Crippen LogP contribution in [0.1, 0.15) is 16.8 Å². The van der Waals surface area contributed by atoms with Gasteiger partial charge in [-0.05, 0) is 31.2 Å². The van der Waals surface area contributed by atoms with Crippen molar-refractivity contribution in [3.05, 3.63) is 52.7 Å². The first-order valence-corrected chi connectivity index (χ1v) is 9.01. The van der Waals surface area contributed by atoms with Gasteiger partial charge in [0.1, 0.15) is 5.82 Å². The molecule has 0 amide bonds. The molecule has 6 nitrogen and oxygen atoms in total. The highest BCUT2D eigenvalue weighted by atomic mass is 32.2. The molecule has 0 saturated heterocycles. The van der Waals surface area contributed by atoms with E-state index in [1.807, 2.05) is 0 Å². The second kappa shape index (κ2) is 5.99. The number of nitrogens with two attached hydrogens (primary N) is 1. The number of fused-ring (bicyclic) bond motifs is 1. The fraction of sp³-hybridized carbons (Fsp3) is 0.188. The van der Waals surface area contributed by atoms with Gasteiger partial charge < -0.3 is 4.57 Å². The molecular formula is C16H15F3N4O2S. The number of halogens is 3. The number of benzene rings is 1. The highest BCUT2D eigenvalue weighted by Crippen LogP contribution is 2.33. The molecule has 1 aromatic carbocycles. The predicted octanol–water partition coefficient (Wildman–Crippen LogP) is 2.95. The molecule has 0 fully saturated rings. The Morgan fingerprint density at radius 2 is 1.92 bits per heavy atom. The molecule has 0 bridgehead atoms. The molecule has 0 aliphatic rings. The topological polar surface area (TPSA) is 82.9 Å². The van der Waals surface area contributed by atoms with Crippen LogP contribution in [0, 0.1) is 6.92 Å². The van der Waals surface area contributed by atoms with E-state index < -0.39 is 21.8 Å². The number of rotatable bonds is 3. The Morgan fingerprint density at radius 1 is 1.23 bits per heavy atom. The fourth-order valence-electron chi connectivity index (χ4n) is 2.80. The summed E-state index contributed by atoms with van der Waals surface area (Å²) < 4.78 is 64.6. The normalized spacial score (nSPS) is 13.2. The summed E-state index contributed by atoms with van der Waals surface area (Å²) in [5.74, 6) is 0.428. The van der Waals surface area contributed by atoms with Crippen molar-refractivity contribution >= 4 is 27.0 Å². The van der Waals surface area contributed by atoms with Crippen LogP contribution in [-0.2, 0) is 23.2 Å². The van der Waals surface area contributed by atoms with Crippen LogP contribution in [0.15, 0.2) is 35.9 Å². The zero-order valence-electron chi connectivity index (χ0n) is 13.8. The first-order chi connectivity index (χ1) is 12.0. The summed E-state index contributed by atoms with van der Waals surface area (Å²) in [7, 11) is -2.24. The van der Waals surface area contributed by atoms with E-state index in [1.54, 1.807) is 26.2 Å². The van der Waals surface area contributed by atoms with Gasteiger partial charge in [-0.25, -0.2) is 13.6 Å². The van der Waals surface area contributed by atoms with Crippen molar-refractivity contribution < 1.29 is 21.6 Å². The second-order valence-electron chi connectivity index (χ2n) is 5.80.